The average molecular weight is 371 g/mol. The van der Waals surface area contributed by atoms with Crippen LogP contribution in [0.3, 0.4) is 0 Å². The molecular formula is C19H19F2N5O. The van der Waals surface area contributed by atoms with Crippen LogP contribution in [0, 0.1) is 0 Å². The Morgan fingerprint density at radius 1 is 1.15 bits per heavy atom. The molecule has 0 atom stereocenters. The number of rotatable bonds is 4. The van der Waals surface area contributed by atoms with Crippen molar-refractivity contribution in [3.8, 4) is 0 Å². The number of aromatic nitrogens is 3. The molecular weight excluding hydrogens is 352 g/mol. The molecule has 3 aromatic rings. The summed E-state index contributed by atoms with van der Waals surface area (Å²) in [7, 11) is 0. The van der Waals surface area contributed by atoms with Crippen LogP contribution >= 0.6 is 0 Å². The zero-order valence-corrected chi connectivity index (χ0v) is 14.6. The highest BCUT2D eigenvalue weighted by atomic mass is 19.3. The highest BCUT2D eigenvalue weighted by Gasteiger charge is 2.34. The van der Waals surface area contributed by atoms with Crippen molar-refractivity contribution in [2.45, 2.75) is 25.3 Å². The predicted octanol–water partition coefficient (Wildman–Crippen LogP) is 3.21. The average Bonchev–Trinajstić information content (AvgIpc) is 3.03. The molecule has 4 heterocycles. The third-order valence-electron chi connectivity index (χ3n) is 4.70. The van der Waals surface area contributed by atoms with Gasteiger partial charge in [-0.05, 0) is 24.3 Å². The van der Waals surface area contributed by atoms with Crippen molar-refractivity contribution in [3.63, 3.8) is 0 Å². The number of anilines is 1. The largest absolute Gasteiger partial charge is 0.304 e. The Hall–Kier alpha value is -2.87. The zero-order valence-electron chi connectivity index (χ0n) is 14.6. The molecule has 1 fully saturated rings. The molecule has 3 aromatic heterocycles. The van der Waals surface area contributed by atoms with E-state index in [1.807, 2.05) is 23.1 Å². The van der Waals surface area contributed by atoms with Gasteiger partial charge in [0.1, 0.15) is 5.82 Å². The van der Waals surface area contributed by atoms with Gasteiger partial charge >= 0.3 is 0 Å². The first kappa shape index (κ1) is 17.5. The lowest BCUT2D eigenvalue weighted by Crippen LogP contribution is -2.38. The van der Waals surface area contributed by atoms with Gasteiger partial charge in [-0.25, -0.2) is 18.7 Å². The molecule has 0 unspecified atom stereocenters. The second kappa shape index (κ2) is 7.03. The van der Waals surface area contributed by atoms with E-state index in [1.54, 1.807) is 35.0 Å². The van der Waals surface area contributed by atoms with Gasteiger partial charge < -0.3 is 5.32 Å². The van der Waals surface area contributed by atoms with E-state index in [0.717, 1.165) is 5.52 Å². The number of halogens is 2. The fourth-order valence-electron chi connectivity index (χ4n) is 3.24. The molecule has 0 bridgehead atoms. The van der Waals surface area contributed by atoms with Crippen molar-refractivity contribution in [2.24, 2.45) is 0 Å². The Bertz CT molecular complexity index is 947. The topological polar surface area (TPSA) is 62.5 Å². The summed E-state index contributed by atoms with van der Waals surface area (Å²) < 4.78 is 28.5. The molecule has 140 valence electrons. The van der Waals surface area contributed by atoms with Gasteiger partial charge in [0.2, 0.25) is 5.82 Å². The molecule has 1 aliphatic rings. The summed E-state index contributed by atoms with van der Waals surface area (Å²) >= 11 is 0. The molecule has 6 nitrogen and oxygen atoms in total. The van der Waals surface area contributed by atoms with Crippen LogP contribution in [-0.4, -0.2) is 44.2 Å². The first-order valence-electron chi connectivity index (χ1n) is 8.80. The number of fused-ring (bicyclic) bond motifs is 1. The van der Waals surface area contributed by atoms with Gasteiger partial charge in [0.25, 0.3) is 11.8 Å². The molecule has 0 aliphatic carbocycles. The Kier molecular flexibility index (Phi) is 4.57. The molecule has 27 heavy (non-hydrogen) atoms. The molecule has 8 heteroatoms. The summed E-state index contributed by atoms with van der Waals surface area (Å²) in [4.78, 5) is 23.2. The number of nitrogens with zero attached hydrogens (tertiary/aromatic N) is 4. The smallest absolute Gasteiger partial charge is 0.293 e. The predicted molar refractivity (Wildman–Crippen MR) is 96.8 cm³/mol. The van der Waals surface area contributed by atoms with Crippen molar-refractivity contribution < 1.29 is 13.6 Å². The lowest BCUT2D eigenvalue weighted by atomic mass is 10.1. The van der Waals surface area contributed by atoms with Crippen molar-refractivity contribution in [3.05, 3.63) is 60.3 Å². The van der Waals surface area contributed by atoms with Crippen LogP contribution in [-0.2, 0) is 6.54 Å². The van der Waals surface area contributed by atoms with Crippen LogP contribution in [0.5, 0.6) is 0 Å². The SMILES string of the molecule is O=C(Nc1ccccn1)c1nc(CN2CCC(F)(F)CC2)c2ccccn12. The maximum Gasteiger partial charge on any atom is 0.293 e. The van der Waals surface area contributed by atoms with Crippen LogP contribution in [0.15, 0.2) is 48.8 Å². The van der Waals surface area contributed by atoms with Gasteiger partial charge in [-0.2, -0.15) is 0 Å². The molecule has 1 saturated heterocycles. The number of amides is 1. The van der Waals surface area contributed by atoms with Crippen molar-refractivity contribution in [1.29, 1.82) is 0 Å². The Morgan fingerprint density at radius 2 is 1.93 bits per heavy atom. The van der Waals surface area contributed by atoms with Gasteiger partial charge in [0.15, 0.2) is 0 Å². The lowest BCUT2D eigenvalue weighted by Gasteiger charge is -2.31. The third kappa shape index (κ3) is 3.80. The Balaban J connectivity index is 1.58. The van der Waals surface area contributed by atoms with E-state index in [4.69, 9.17) is 0 Å². The first-order valence-corrected chi connectivity index (χ1v) is 8.80. The van der Waals surface area contributed by atoms with Crippen LogP contribution < -0.4 is 5.32 Å². The molecule has 0 radical (unpaired) electrons. The van der Waals surface area contributed by atoms with Gasteiger partial charge in [-0.15, -0.1) is 0 Å². The molecule has 0 spiro atoms. The lowest BCUT2D eigenvalue weighted by molar-refractivity contribution is -0.0567. The number of hydrogen-bond acceptors (Lipinski definition) is 4. The molecule has 0 saturated carbocycles. The minimum absolute atomic E-state index is 0.147. The van der Waals surface area contributed by atoms with E-state index in [1.165, 1.54) is 0 Å². The Morgan fingerprint density at radius 3 is 2.67 bits per heavy atom. The van der Waals surface area contributed by atoms with Crippen LogP contribution in [0.1, 0.15) is 29.2 Å². The highest BCUT2D eigenvalue weighted by Crippen LogP contribution is 2.28. The highest BCUT2D eigenvalue weighted by molar-refractivity contribution is 6.02. The van der Waals surface area contributed by atoms with Gasteiger partial charge in [0.05, 0.1) is 11.2 Å². The summed E-state index contributed by atoms with van der Waals surface area (Å²) in [6.07, 6.45) is 3.07. The van der Waals surface area contributed by atoms with E-state index < -0.39 is 5.92 Å². The molecule has 1 amide bonds. The van der Waals surface area contributed by atoms with E-state index in [9.17, 15) is 13.6 Å². The minimum atomic E-state index is -2.58. The maximum absolute atomic E-state index is 13.4. The van der Waals surface area contributed by atoms with Crippen LogP contribution in [0.4, 0.5) is 14.6 Å². The monoisotopic (exact) mass is 371 g/mol. The number of carbonyl (C=O) groups excluding carboxylic acids is 1. The second-order valence-corrected chi connectivity index (χ2v) is 6.64. The molecule has 1 aliphatic heterocycles. The molecule has 0 aromatic carbocycles. The van der Waals surface area contributed by atoms with Crippen LogP contribution in [0.2, 0.25) is 0 Å². The van der Waals surface area contributed by atoms with Gasteiger partial charge in [0, 0.05) is 44.9 Å². The number of hydrogen-bond donors (Lipinski definition) is 1. The van der Waals surface area contributed by atoms with Gasteiger partial charge in [-0.3, -0.25) is 14.1 Å². The third-order valence-corrected chi connectivity index (χ3v) is 4.70. The Labute approximate surface area is 154 Å². The summed E-state index contributed by atoms with van der Waals surface area (Å²) in [5, 5.41) is 2.73. The van der Waals surface area contributed by atoms with E-state index >= 15 is 0 Å². The number of piperidine rings is 1. The first-order chi connectivity index (χ1) is 13.0. The summed E-state index contributed by atoms with van der Waals surface area (Å²) in [5.41, 5.74) is 1.49. The maximum atomic E-state index is 13.4. The van der Waals surface area contributed by atoms with E-state index in [2.05, 4.69) is 15.3 Å². The summed E-state index contributed by atoms with van der Waals surface area (Å²) in [6, 6.07) is 10.8. The molecule has 1 N–H and O–H groups in total. The van der Waals surface area contributed by atoms with Crippen LogP contribution in [0.25, 0.3) is 5.52 Å². The standard InChI is InChI=1S/C19H19F2N5O/c20-19(21)7-11-25(12-8-19)13-14-15-5-2-4-10-26(15)17(23-14)18(27)24-16-6-1-3-9-22-16/h1-6,9-10H,7-8,11-13H2,(H,22,24,27). The number of pyridine rings is 2. The number of carbonyl (C=O) groups is 1. The van der Waals surface area contributed by atoms with E-state index in [-0.39, 0.29) is 24.6 Å². The minimum Gasteiger partial charge on any atom is -0.304 e. The number of imidazole rings is 1. The van der Waals surface area contributed by atoms with Crippen molar-refractivity contribution >= 4 is 17.2 Å². The van der Waals surface area contributed by atoms with Crippen molar-refractivity contribution in [1.82, 2.24) is 19.3 Å². The fraction of sp³-hybridized carbons (Fsp3) is 0.316. The van der Waals surface area contributed by atoms with Gasteiger partial charge in [-0.1, -0.05) is 12.1 Å². The number of alkyl halides is 2. The molecule has 4 rings (SSSR count). The summed E-state index contributed by atoms with van der Waals surface area (Å²) in [5.74, 6) is -2.27. The van der Waals surface area contributed by atoms with Crippen molar-refractivity contribution in [2.75, 3.05) is 18.4 Å². The quantitative estimate of drug-likeness (QED) is 0.765. The zero-order chi connectivity index (χ0) is 18.9. The summed E-state index contributed by atoms with van der Waals surface area (Å²) in [6.45, 7) is 1.06. The second-order valence-electron chi connectivity index (χ2n) is 6.64. The normalized spacial score (nSPS) is 17.1. The number of likely N-dealkylation sites (tertiary alicyclic amines) is 1. The number of nitrogens with one attached hydrogen (secondary N) is 1. The fourth-order valence-corrected chi connectivity index (χ4v) is 3.24. The van der Waals surface area contributed by atoms with E-state index in [0.29, 0.717) is 31.1 Å².